The van der Waals surface area contributed by atoms with Crippen LogP contribution in [-0.4, -0.2) is 23.6 Å². The number of nitrogens with zero attached hydrogens (tertiary/aromatic N) is 1. The van der Waals surface area contributed by atoms with Gasteiger partial charge in [0.15, 0.2) is 6.61 Å². The van der Waals surface area contributed by atoms with Crippen LogP contribution in [0.25, 0.3) is 22.0 Å². The van der Waals surface area contributed by atoms with E-state index in [1.54, 1.807) is 6.92 Å². The van der Waals surface area contributed by atoms with Gasteiger partial charge in [0, 0.05) is 5.56 Å². The van der Waals surface area contributed by atoms with Gasteiger partial charge in [-0.2, -0.15) is 0 Å². The largest absolute Gasteiger partial charge is 0.452 e. The third-order valence-corrected chi connectivity index (χ3v) is 5.12. The van der Waals surface area contributed by atoms with E-state index in [1.807, 2.05) is 79.7 Å². The number of ether oxygens (including phenoxy) is 1. The van der Waals surface area contributed by atoms with E-state index < -0.39 is 12.6 Å². The van der Waals surface area contributed by atoms with Gasteiger partial charge < -0.3 is 14.6 Å². The van der Waals surface area contributed by atoms with E-state index in [9.17, 15) is 9.59 Å². The number of hydrogen-bond acceptors (Lipinski definition) is 5. The van der Waals surface area contributed by atoms with E-state index >= 15 is 0 Å². The average molecular weight is 414 g/mol. The maximum atomic E-state index is 12.7. The molecular weight excluding hydrogens is 392 g/mol. The summed E-state index contributed by atoms with van der Waals surface area (Å²) in [5.41, 5.74) is 2.35. The number of aryl methyl sites for hydroxylation is 1. The Hall–Kier alpha value is -3.93. The van der Waals surface area contributed by atoms with E-state index in [4.69, 9.17) is 9.26 Å². The first kappa shape index (κ1) is 20.3. The van der Waals surface area contributed by atoms with Crippen molar-refractivity contribution < 1.29 is 18.8 Å². The van der Waals surface area contributed by atoms with Gasteiger partial charge in [0.05, 0.1) is 6.04 Å². The van der Waals surface area contributed by atoms with E-state index in [1.165, 1.54) is 0 Å². The molecule has 0 aliphatic heterocycles. The zero-order chi connectivity index (χ0) is 21.8. The first-order chi connectivity index (χ1) is 15.0. The van der Waals surface area contributed by atoms with Gasteiger partial charge in [-0.15, -0.1) is 0 Å². The van der Waals surface area contributed by atoms with Crippen molar-refractivity contribution in [2.45, 2.75) is 19.9 Å². The predicted molar refractivity (Wildman–Crippen MR) is 117 cm³/mol. The highest BCUT2D eigenvalue weighted by atomic mass is 16.5. The molecule has 1 atom stereocenters. The molecule has 0 unspecified atom stereocenters. The monoisotopic (exact) mass is 414 g/mol. The molecule has 0 fully saturated rings. The van der Waals surface area contributed by atoms with Gasteiger partial charge in [0.25, 0.3) is 5.91 Å². The Labute approximate surface area is 179 Å². The molecule has 0 aliphatic carbocycles. The summed E-state index contributed by atoms with van der Waals surface area (Å²) >= 11 is 0. The highest BCUT2D eigenvalue weighted by Gasteiger charge is 2.24. The molecular formula is C25H22N2O4. The number of esters is 1. The zero-order valence-corrected chi connectivity index (χ0v) is 17.3. The maximum Gasteiger partial charge on any atom is 0.344 e. The quantitative estimate of drug-likeness (QED) is 0.457. The summed E-state index contributed by atoms with van der Waals surface area (Å²) in [6.45, 7) is 3.14. The van der Waals surface area contributed by atoms with Crippen LogP contribution in [0.4, 0.5) is 0 Å². The number of nitrogens with one attached hydrogen (secondary N) is 1. The topological polar surface area (TPSA) is 81.4 Å². The SMILES string of the molecule is Cc1onc(-c2ccccc2)c1C(=O)OCC(=O)N[C@@H](C)c1cccc2ccccc12. The van der Waals surface area contributed by atoms with Crippen LogP contribution in [0.3, 0.4) is 0 Å². The van der Waals surface area contributed by atoms with Gasteiger partial charge in [0.1, 0.15) is 17.0 Å². The number of carbonyl (C=O) groups excluding carboxylic acids is 2. The minimum atomic E-state index is -0.648. The fourth-order valence-corrected chi connectivity index (χ4v) is 3.60. The Kier molecular flexibility index (Phi) is 5.80. The lowest BCUT2D eigenvalue weighted by Crippen LogP contribution is -2.31. The Balaban J connectivity index is 1.43. The Bertz CT molecular complexity index is 1230. The van der Waals surface area contributed by atoms with Gasteiger partial charge in [0.2, 0.25) is 0 Å². The van der Waals surface area contributed by atoms with Crippen LogP contribution in [0.5, 0.6) is 0 Å². The lowest BCUT2D eigenvalue weighted by molar-refractivity contribution is -0.124. The Morgan fingerprint density at radius 2 is 1.71 bits per heavy atom. The highest BCUT2D eigenvalue weighted by Crippen LogP contribution is 2.26. The molecule has 0 saturated heterocycles. The summed E-state index contributed by atoms with van der Waals surface area (Å²) in [6, 6.07) is 22.9. The van der Waals surface area contributed by atoms with Gasteiger partial charge in [-0.3, -0.25) is 4.79 Å². The van der Waals surface area contributed by atoms with Crippen molar-refractivity contribution in [1.82, 2.24) is 10.5 Å². The molecule has 156 valence electrons. The molecule has 0 aliphatic rings. The second-order valence-corrected chi connectivity index (χ2v) is 7.26. The molecule has 1 aromatic heterocycles. The third-order valence-electron chi connectivity index (χ3n) is 5.12. The lowest BCUT2D eigenvalue weighted by Gasteiger charge is -2.16. The molecule has 0 spiro atoms. The molecule has 4 aromatic rings. The fraction of sp³-hybridized carbons (Fsp3) is 0.160. The van der Waals surface area contributed by atoms with Crippen molar-refractivity contribution in [3.8, 4) is 11.3 Å². The number of hydrogen-bond donors (Lipinski definition) is 1. The van der Waals surface area contributed by atoms with Crippen molar-refractivity contribution >= 4 is 22.6 Å². The number of aromatic nitrogens is 1. The summed E-state index contributed by atoms with van der Waals surface area (Å²) in [5.74, 6) is -0.692. The average Bonchev–Trinajstić information content (AvgIpc) is 3.19. The van der Waals surface area contributed by atoms with E-state index in [-0.39, 0.29) is 17.5 Å². The van der Waals surface area contributed by atoms with E-state index in [0.29, 0.717) is 11.5 Å². The van der Waals surface area contributed by atoms with Crippen molar-refractivity contribution in [1.29, 1.82) is 0 Å². The number of amides is 1. The summed E-state index contributed by atoms with van der Waals surface area (Å²) in [4.78, 5) is 25.1. The summed E-state index contributed by atoms with van der Waals surface area (Å²) < 4.78 is 10.5. The van der Waals surface area contributed by atoms with Crippen LogP contribution in [0.1, 0.15) is 34.6 Å². The Morgan fingerprint density at radius 3 is 2.52 bits per heavy atom. The molecule has 1 heterocycles. The molecule has 0 bridgehead atoms. The predicted octanol–water partition coefficient (Wildman–Crippen LogP) is 4.84. The smallest absolute Gasteiger partial charge is 0.344 e. The summed E-state index contributed by atoms with van der Waals surface area (Å²) in [7, 11) is 0. The lowest BCUT2D eigenvalue weighted by atomic mass is 10.00. The molecule has 0 saturated carbocycles. The normalized spacial score (nSPS) is 11.8. The van der Waals surface area contributed by atoms with Crippen LogP contribution >= 0.6 is 0 Å². The highest BCUT2D eigenvalue weighted by molar-refractivity contribution is 5.98. The zero-order valence-electron chi connectivity index (χ0n) is 17.3. The number of carbonyl (C=O) groups is 2. The molecule has 6 heteroatoms. The standard InChI is InChI=1S/C25H22N2O4/c1-16(20-14-8-12-18-9-6-7-13-21(18)20)26-22(28)15-30-25(29)23-17(2)31-27-24(23)19-10-4-3-5-11-19/h3-14,16H,15H2,1-2H3,(H,26,28)/t16-/m0/s1. The second kappa shape index (κ2) is 8.83. The van der Waals surface area contributed by atoms with Crippen LogP contribution in [0, 0.1) is 6.92 Å². The number of benzene rings is 3. The first-order valence-corrected chi connectivity index (χ1v) is 10.0. The van der Waals surface area contributed by atoms with E-state index in [2.05, 4.69) is 10.5 Å². The van der Waals surface area contributed by atoms with Crippen molar-refractivity contribution in [3.05, 3.63) is 89.7 Å². The van der Waals surface area contributed by atoms with Gasteiger partial charge in [-0.25, -0.2) is 4.79 Å². The summed E-state index contributed by atoms with van der Waals surface area (Å²) in [5, 5.41) is 9.04. The molecule has 3 aromatic carbocycles. The molecule has 6 nitrogen and oxygen atoms in total. The van der Waals surface area contributed by atoms with E-state index in [0.717, 1.165) is 21.9 Å². The fourth-order valence-electron chi connectivity index (χ4n) is 3.60. The second-order valence-electron chi connectivity index (χ2n) is 7.26. The van der Waals surface area contributed by atoms with Crippen molar-refractivity contribution in [2.24, 2.45) is 0 Å². The van der Waals surface area contributed by atoms with Crippen LogP contribution < -0.4 is 5.32 Å². The number of rotatable bonds is 6. The van der Waals surface area contributed by atoms with Crippen molar-refractivity contribution in [3.63, 3.8) is 0 Å². The van der Waals surface area contributed by atoms with Crippen LogP contribution in [-0.2, 0) is 9.53 Å². The Morgan fingerprint density at radius 1 is 1.00 bits per heavy atom. The number of fused-ring (bicyclic) bond motifs is 1. The minimum Gasteiger partial charge on any atom is -0.452 e. The van der Waals surface area contributed by atoms with Gasteiger partial charge in [-0.05, 0) is 30.2 Å². The maximum absolute atomic E-state index is 12.7. The minimum absolute atomic E-state index is 0.223. The molecule has 4 rings (SSSR count). The molecule has 0 radical (unpaired) electrons. The molecule has 1 N–H and O–H groups in total. The van der Waals surface area contributed by atoms with Gasteiger partial charge in [-0.1, -0.05) is 78.0 Å². The molecule has 31 heavy (non-hydrogen) atoms. The first-order valence-electron chi connectivity index (χ1n) is 10.0. The third kappa shape index (κ3) is 4.33. The van der Waals surface area contributed by atoms with Crippen LogP contribution in [0.2, 0.25) is 0 Å². The summed E-state index contributed by atoms with van der Waals surface area (Å²) in [6.07, 6.45) is 0. The van der Waals surface area contributed by atoms with Gasteiger partial charge >= 0.3 is 5.97 Å². The van der Waals surface area contributed by atoms with Crippen LogP contribution in [0.15, 0.2) is 77.3 Å². The molecule has 1 amide bonds. The van der Waals surface area contributed by atoms with Crippen molar-refractivity contribution in [2.75, 3.05) is 6.61 Å².